The molecule has 172 valence electrons. The average Bonchev–Trinajstić information content (AvgIpc) is 3.49. The Morgan fingerprint density at radius 1 is 1.21 bits per heavy atom. The van der Waals surface area contributed by atoms with Gasteiger partial charge in [0.25, 0.3) is 0 Å². The Morgan fingerprint density at radius 3 is 2.73 bits per heavy atom. The second-order valence-electron chi connectivity index (χ2n) is 8.26. The third kappa shape index (κ3) is 5.77. The fraction of sp³-hybridized carbons (Fsp3) is 0.320. The minimum absolute atomic E-state index is 0.253. The maximum atomic E-state index is 11.6. The Hall–Kier alpha value is -3.23. The Kier molecular flexibility index (Phi) is 7.36. The van der Waals surface area contributed by atoms with Crippen molar-refractivity contribution in [3.05, 3.63) is 77.9 Å². The van der Waals surface area contributed by atoms with E-state index in [4.69, 9.17) is 9.72 Å². The number of imidazole rings is 1. The van der Waals surface area contributed by atoms with Crippen molar-refractivity contribution in [1.82, 2.24) is 19.4 Å². The number of hydrogen-bond donors (Lipinski definition) is 1. The van der Waals surface area contributed by atoms with Crippen LogP contribution in [0.3, 0.4) is 0 Å². The number of nitrogens with one attached hydrogen (secondary N) is 1. The molecule has 0 aliphatic rings. The van der Waals surface area contributed by atoms with Gasteiger partial charge in [0.2, 0.25) is 0 Å². The normalized spacial score (nSPS) is 12.2. The Morgan fingerprint density at radius 2 is 2.03 bits per heavy atom. The molecular formula is C25H29N5O2S. The topological polar surface area (TPSA) is 72.3 Å². The summed E-state index contributed by atoms with van der Waals surface area (Å²) in [6.07, 6.45) is 7.93. The van der Waals surface area contributed by atoms with Crippen molar-refractivity contribution in [2.75, 3.05) is 33.1 Å². The van der Waals surface area contributed by atoms with Crippen molar-refractivity contribution < 1.29 is 9.53 Å². The van der Waals surface area contributed by atoms with Gasteiger partial charge in [0.15, 0.2) is 5.13 Å². The summed E-state index contributed by atoms with van der Waals surface area (Å²) in [4.78, 5) is 22.8. The summed E-state index contributed by atoms with van der Waals surface area (Å²) in [6.45, 7) is 1.69. The van der Waals surface area contributed by atoms with Crippen LogP contribution in [0.25, 0.3) is 10.2 Å². The number of aromatic nitrogens is 3. The number of esters is 1. The van der Waals surface area contributed by atoms with Crippen LogP contribution in [0, 0.1) is 0 Å². The first-order chi connectivity index (χ1) is 16.0. The van der Waals surface area contributed by atoms with Crippen LogP contribution < -0.4 is 5.32 Å². The molecule has 0 aliphatic carbocycles. The fourth-order valence-electron chi connectivity index (χ4n) is 3.82. The van der Waals surface area contributed by atoms with Gasteiger partial charge in [-0.2, -0.15) is 0 Å². The predicted molar refractivity (Wildman–Crippen MR) is 133 cm³/mol. The van der Waals surface area contributed by atoms with Gasteiger partial charge >= 0.3 is 5.97 Å². The number of hydrogen-bond acceptors (Lipinski definition) is 7. The molecule has 0 fully saturated rings. The van der Waals surface area contributed by atoms with Crippen molar-refractivity contribution in [2.24, 2.45) is 0 Å². The first-order valence-electron chi connectivity index (χ1n) is 11.0. The summed E-state index contributed by atoms with van der Waals surface area (Å²) >= 11 is 1.66. The van der Waals surface area contributed by atoms with Crippen LogP contribution in [0.1, 0.15) is 40.4 Å². The lowest BCUT2D eigenvalue weighted by Crippen LogP contribution is -2.16. The standard InChI is InChI=1S/C25H29N5O2S/c1-29(2)13-4-5-22(30-14-12-26-17-30)20-10-11-21-23(15-20)33-25(28-21)27-16-18-6-8-19(9-7-18)24(31)32-3/h6-12,14-15,17,22H,4-5,13,16H2,1-3H3,(H,27,28). The smallest absolute Gasteiger partial charge is 0.337 e. The van der Waals surface area contributed by atoms with Crippen molar-refractivity contribution in [3.8, 4) is 0 Å². The van der Waals surface area contributed by atoms with Crippen LogP contribution in [-0.4, -0.2) is 53.2 Å². The summed E-state index contributed by atoms with van der Waals surface area (Å²) in [6, 6.07) is 14.2. The number of carbonyl (C=O) groups excluding carboxylic acids is 1. The van der Waals surface area contributed by atoms with E-state index in [1.54, 1.807) is 23.5 Å². The maximum Gasteiger partial charge on any atom is 0.337 e. The van der Waals surface area contributed by atoms with Crippen LogP contribution in [0.15, 0.2) is 61.2 Å². The van der Waals surface area contributed by atoms with Gasteiger partial charge in [-0.15, -0.1) is 0 Å². The van der Waals surface area contributed by atoms with E-state index in [1.165, 1.54) is 12.7 Å². The number of carbonyl (C=O) groups is 1. The monoisotopic (exact) mass is 463 g/mol. The Labute approximate surface area is 198 Å². The van der Waals surface area contributed by atoms with Gasteiger partial charge in [0.1, 0.15) is 0 Å². The highest BCUT2D eigenvalue weighted by atomic mass is 32.1. The van der Waals surface area contributed by atoms with Gasteiger partial charge in [0.05, 0.1) is 35.3 Å². The van der Waals surface area contributed by atoms with Gasteiger partial charge in [-0.1, -0.05) is 29.5 Å². The number of anilines is 1. The molecule has 2 aromatic heterocycles. The lowest BCUT2D eigenvalue weighted by molar-refractivity contribution is 0.0600. The summed E-state index contributed by atoms with van der Waals surface area (Å²) in [7, 11) is 5.60. The largest absolute Gasteiger partial charge is 0.465 e. The molecule has 0 spiro atoms. The minimum atomic E-state index is -0.327. The highest BCUT2D eigenvalue weighted by molar-refractivity contribution is 7.22. The molecule has 0 radical (unpaired) electrons. The summed E-state index contributed by atoms with van der Waals surface area (Å²) in [5, 5.41) is 4.29. The minimum Gasteiger partial charge on any atom is -0.465 e. The van der Waals surface area contributed by atoms with Crippen molar-refractivity contribution in [1.29, 1.82) is 0 Å². The summed E-state index contributed by atoms with van der Waals surface area (Å²) in [5.41, 5.74) is 3.88. The van der Waals surface area contributed by atoms with Gasteiger partial charge in [-0.3, -0.25) is 0 Å². The van der Waals surface area contributed by atoms with E-state index in [9.17, 15) is 4.79 Å². The number of fused-ring (bicyclic) bond motifs is 1. The van der Waals surface area contributed by atoms with Crippen molar-refractivity contribution >= 4 is 32.7 Å². The Bertz CT molecular complexity index is 1190. The molecule has 2 heterocycles. The van der Waals surface area contributed by atoms with Crippen LogP contribution in [0.5, 0.6) is 0 Å². The molecule has 0 aliphatic heterocycles. The van der Waals surface area contributed by atoms with E-state index in [2.05, 4.69) is 52.1 Å². The average molecular weight is 464 g/mol. The molecule has 0 amide bonds. The van der Waals surface area contributed by atoms with Gasteiger partial charge in [-0.05, 0) is 68.9 Å². The molecule has 1 unspecified atom stereocenters. The molecule has 0 bridgehead atoms. The number of methoxy groups -OCH3 is 1. The molecule has 2 aromatic carbocycles. The van der Waals surface area contributed by atoms with Gasteiger partial charge in [-0.25, -0.2) is 14.8 Å². The molecule has 4 aromatic rings. The van der Waals surface area contributed by atoms with Crippen molar-refractivity contribution in [3.63, 3.8) is 0 Å². The zero-order valence-corrected chi connectivity index (χ0v) is 20.0. The van der Waals surface area contributed by atoms with E-state index in [-0.39, 0.29) is 12.0 Å². The molecule has 7 nitrogen and oxygen atoms in total. The lowest BCUT2D eigenvalue weighted by atomic mass is 10.0. The van der Waals surface area contributed by atoms with Crippen LogP contribution in [-0.2, 0) is 11.3 Å². The molecule has 4 rings (SSSR count). The summed E-state index contributed by atoms with van der Waals surface area (Å²) < 4.78 is 8.10. The number of nitrogens with zero attached hydrogens (tertiary/aromatic N) is 4. The van der Waals surface area contributed by atoms with E-state index in [0.29, 0.717) is 12.1 Å². The first-order valence-corrected chi connectivity index (χ1v) is 11.8. The second-order valence-corrected chi connectivity index (χ2v) is 9.29. The maximum absolute atomic E-state index is 11.6. The van der Waals surface area contributed by atoms with Crippen LogP contribution >= 0.6 is 11.3 Å². The molecule has 8 heteroatoms. The van der Waals surface area contributed by atoms with Gasteiger partial charge in [0, 0.05) is 18.9 Å². The van der Waals surface area contributed by atoms with Crippen molar-refractivity contribution in [2.45, 2.75) is 25.4 Å². The van der Waals surface area contributed by atoms with E-state index in [1.807, 2.05) is 30.9 Å². The molecular weight excluding hydrogens is 434 g/mol. The van der Waals surface area contributed by atoms with Crippen LogP contribution in [0.2, 0.25) is 0 Å². The zero-order chi connectivity index (χ0) is 23.2. The number of ether oxygens (including phenoxy) is 1. The molecule has 33 heavy (non-hydrogen) atoms. The predicted octanol–water partition coefficient (Wildman–Crippen LogP) is 4.82. The molecule has 1 N–H and O–H groups in total. The molecule has 1 atom stereocenters. The summed E-state index contributed by atoms with van der Waals surface area (Å²) in [5.74, 6) is -0.327. The SMILES string of the molecule is COC(=O)c1ccc(CNc2nc3ccc(C(CCCN(C)C)n4ccnc4)cc3s2)cc1. The quantitative estimate of drug-likeness (QED) is 0.340. The zero-order valence-electron chi connectivity index (χ0n) is 19.2. The van der Waals surface area contributed by atoms with E-state index in [0.717, 1.165) is 40.3 Å². The number of rotatable bonds is 10. The molecule has 0 saturated carbocycles. The number of thiazole rings is 1. The second kappa shape index (κ2) is 10.6. The van der Waals surface area contributed by atoms with Gasteiger partial charge < -0.3 is 19.5 Å². The lowest BCUT2D eigenvalue weighted by Gasteiger charge is -2.20. The highest BCUT2D eigenvalue weighted by Crippen LogP contribution is 2.31. The third-order valence-corrected chi connectivity index (χ3v) is 6.56. The third-order valence-electron chi connectivity index (χ3n) is 5.58. The van der Waals surface area contributed by atoms with E-state index < -0.39 is 0 Å². The highest BCUT2D eigenvalue weighted by Gasteiger charge is 2.15. The number of benzene rings is 2. The first kappa shape index (κ1) is 22.9. The Balaban J connectivity index is 1.47. The molecule has 0 saturated heterocycles. The van der Waals surface area contributed by atoms with E-state index >= 15 is 0 Å². The fourth-order valence-corrected chi connectivity index (χ4v) is 4.73. The van der Waals surface area contributed by atoms with Crippen LogP contribution in [0.4, 0.5) is 5.13 Å².